The Morgan fingerprint density at radius 3 is 2.08 bits per heavy atom. The first kappa shape index (κ1) is 23.0. The molecule has 0 aliphatic rings. The third-order valence-corrected chi connectivity index (χ3v) is 3.33. The summed E-state index contributed by atoms with van der Waals surface area (Å²) in [6.07, 6.45) is 2.23. The highest BCUT2D eigenvalue weighted by molar-refractivity contribution is 5.80. The van der Waals surface area contributed by atoms with Crippen molar-refractivity contribution in [3.05, 3.63) is 35.4 Å². The van der Waals surface area contributed by atoms with Gasteiger partial charge < -0.3 is 15.2 Å². The monoisotopic (exact) mass is 351 g/mol. The van der Waals surface area contributed by atoms with Crippen LogP contribution in [0.1, 0.15) is 65.5 Å². The fraction of sp³-hybridized carbons (Fsp3) is 0.600. The predicted molar refractivity (Wildman–Crippen MR) is 101 cm³/mol. The number of benzene rings is 1. The van der Waals surface area contributed by atoms with Crippen LogP contribution >= 0.6 is 0 Å². The number of hydrogen-bond acceptors (Lipinski definition) is 3. The van der Waals surface area contributed by atoms with Crippen LogP contribution in [0.15, 0.2) is 24.3 Å². The molecule has 0 heterocycles. The van der Waals surface area contributed by atoms with E-state index in [0.717, 1.165) is 18.4 Å². The molecule has 0 fully saturated rings. The number of aryl methyl sites for hydroxylation is 2. The van der Waals surface area contributed by atoms with Crippen molar-refractivity contribution in [2.45, 2.75) is 78.9 Å². The largest absolute Gasteiger partial charge is 0.480 e. The van der Waals surface area contributed by atoms with Gasteiger partial charge in [0.25, 0.3) is 0 Å². The Balaban J connectivity index is 0.00000277. The zero-order valence-corrected chi connectivity index (χ0v) is 16.4. The van der Waals surface area contributed by atoms with Gasteiger partial charge in [-0.15, -0.1) is 0 Å². The topological polar surface area (TPSA) is 75.6 Å². The van der Waals surface area contributed by atoms with Gasteiger partial charge in [-0.05, 0) is 51.2 Å². The van der Waals surface area contributed by atoms with Gasteiger partial charge in [-0.3, -0.25) is 0 Å². The molecule has 1 aromatic rings. The minimum Gasteiger partial charge on any atom is -0.480 e. The lowest BCUT2D eigenvalue weighted by Crippen LogP contribution is -2.43. The number of carboxylic acids is 1. The Bertz CT molecular complexity index is 535. The van der Waals surface area contributed by atoms with Crippen molar-refractivity contribution in [3.8, 4) is 0 Å². The van der Waals surface area contributed by atoms with E-state index in [4.69, 9.17) is 4.74 Å². The van der Waals surface area contributed by atoms with Gasteiger partial charge in [0, 0.05) is 0 Å². The van der Waals surface area contributed by atoms with E-state index < -0.39 is 23.7 Å². The van der Waals surface area contributed by atoms with Crippen LogP contribution < -0.4 is 5.32 Å². The summed E-state index contributed by atoms with van der Waals surface area (Å²) in [4.78, 5) is 23.1. The van der Waals surface area contributed by atoms with Gasteiger partial charge in [0.15, 0.2) is 0 Å². The van der Waals surface area contributed by atoms with Crippen molar-refractivity contribution in [3.63, 3.8) is 0 Å². The first-order valence-corrected chi connectivity index (χ1v) is 9.02. The molecule has 0 radical (unpaired) electrons. The normalized spacial score (nSPS) is 11.8. The number of aliphatic carboxylic acids is 1. The molecule has 0 aliphatic heterocycles. The van der Waals surface area contributed by atoms with Crippen LogP contribution in [-0.4, -0.2) is 28.8 Å². The van der Waals surface area contributed by atoms with Crippen molar-refractivity contribution in [2.24, 2.45) is 0 Å². The molecule has 0 aliphatic carbocycles. The van der Waals surface area contributed by atoms with Crippen LogP contribution in [0.4, 0.5) is 4.79 Å². The fourth-order valence-electron chi connectivity index (χ4n) is 2.32. The summed E-state index contributed by atoms with van der Waals surface area (Å²) in [6, 6.07) is 7.06. The number of amides is 1. The molecule has 142 valence electrons. The summed E-state index contributed by atoms with van der Waals surface area (Å²) >= 11 is 0. The molecule has 5 heteroatoms. The zero-order valence-electron chi connectivity index (χ0n) is 16.4. The van der Waals surface area contributed by atoms with Gasteiger partial charge in [-0.1, -0.05) is 51.5 Å². The third kappa shape index (κ3) is 9.75. The summed E-state index contributed by atoms with van der Waals surface area (Å²) in [5.74, 6) is -1.05. The summed E-state index contributed by atoms with van der Waals surface area (Å²) in [6.45, 7) is 11.3. The van der Waals surface area contributed by atoms with Gasteiger partial charge >= 0.3 is 12.1 Å². The maximum Gasteiger partial charge on any atom is 0.408 e. The molecule has 1 atom stereocenters. The second-order valence-corrected chi connectivity index (χ2v) is 6.59. The van der Waals surface area contributed by atoms with Crippen molar-refractivity contribution in [1.29, 1.82) is 0 Å². The molecule has 1 amide bonds. The lowest BCUT2D eigenvalue weighted by atomic mass is 9.97. The van der Waals surface area contributed by atoms with E-state index in [0.29, 0.717) is 12.8 Å². The van der Waals surface area contributed by atoms with E-state index in [2.05, 4.69) is 18.3 Å². The average Bonchev–Trinajstić information content (AvgIpc) is 2.53. The van der Waals surface area contributed by atoms with Crippen molar-refractivity contribution < 1.29 is 19.4 Å². The van der Waals surface area contributed by atoms with E-state index >= 15 is 0 Å². The van der Waals surface area contributed by atoms with Gasteiger partial charge in [0.2, 0.25) is 0 Å². The summed E-state index contributed by atoms with van der Waals surface area (Å²) in [7, 11) is 0. The van der Waals surface area contributed by atoms with Gasteiger partial charge in [-0.25, -0.2) is 9.59 Å². The Kier molecular flexibility index (Phi) is 10.6. The molecule has 1 aromatic carbocycles. The quantitative estimate of drug-likeness (QED) is 0.754. The molecule has 2 N–H and O–H groups in total. The SMILES string of the molecule is CC.CCCc1ccccc1CCC(NC(=O)OC(C)(C)C)C(=O)O. The van der Waals surface area contributed by atoms with Crippen LogP contribution in [0, 0.1) is 0 Å². The Morgan fingerprint density at radius 1 is 1.12 bits per heavy atom. The maximum absolute atomic E-state index is 11.8. The minimum atomic E-state index is -1.05. The second kappa shape index (κ2) is 11.5. The molecule has 25 heavy (non-hydrogen) atoms. The number of rotatable bonds is 7. The minimum absolute atomic E-state index is 0.329. The third-order valence-electron chi connectivity index (χ3n) is 3.33. The Hall–Kier alpha value is -2.04. The maximum atomic E-state index is 11.8. The number of alkyl carbamates (subject to hydrolysis) is 1. The molecule has 1 unspecified atom stereocenters. The van der Waals surface area contributed by atoms with Crippen LogP contribution in [0.5, 0.6) is 0 Å². The van der Waals surface area contributed by atoms with Crippen LogP contribution in [0.3, 0.4) is 0 Å². The summed E-state index contributed by atoms with van der Waals surface area (Å²) < 4.78 is 5.12. The number of carbonyl (C=O) groups excluding carboxylic acids is 1. The number of nitrogens with one attached hydrogen (secondary N) is 1. The molecular formula is C20H33NO4. The number of hydrogen-bond donors (Lipinski definition) is 2. The van der Waals surface area contributed by atoms with Crippen LogP contribution in [0.25, 0.3) is 0 Å². The summed E-state index contributed by atoms with van der Waals surface area (Å²) in [5, 5.41) is 11.7. The molecule has 0 aromatic heterocycles. The van der Waals surface area contributed by atoms with E-state index in [9.17, 15) is 14.7 Å². The highest BCUT2D eigenvalue weighted by Gasteiger charge is 2.23. The Morgan fingerprint density at radius 2 is 1.64 bits per heavy atom. The molecule has 5 nitrogen and oxygen atoms in total. The van der Waals surface area contributed by atoms with Gasteiger partial charge in [-0.2, -0.15) is 0 Å². The highest BCUT2D eigenvalue weighted by atomic mass is 16.6. The number of ether oxygens (including phenoxy) is 1. The molecule has 1 rings (SSSR count). The smallest absolute Gasteiger partial charge is 0.408 e. The lowest BCUT2D eigenvalue weighted by Gasteiger charge is -2.22. The van der Waals surface area contributed by atoms with Crippen molar-refractivity contribution in [2.75, 3.05) is 0 Å². The molecule has 0 saturated carbocycles. The average molecular weight is 351 g/mol. The van der Waals surface area contributed by atoms with Crippen LogP contribution in [0.2, 0.25) is 0 Å². The first-order chi connectivity index (χ1) is 11.7. The van der Waals surface area contributed by atoms with Gasteiger partial charge in [0.1, 0.15) is 11.6 Å². The van der Waals surface area contributed by atoms with Crippen molar-refractivity contribution >= 4 is 12.1 Å². The predicted octanol–water partition coefficient (Wildman–Crippen LogP) is 4.58. The van der Waals surface area contributed by atoms with E-state index in [1.807, 2.05) is 32.0 Å². The zero-order chi connectivity index (χ0) is 19.5. The number of carboxylic acid groups (broad SMARTS) is 1. The standard InChI is InChI=1S/C18H27NO4.C2H6/c1-5-8-13-9-6-7-10-14(13)11-12-15(16(20)21)19-17(22)23-18(2,3)4;1-2/h6-7,9-10,15H,5,8,11-12H2,1-4H3,(H,19,22)(H,20,21);1-2H3. The lowest BCUT2D eigenvalue weighted by molar-refractivity contribution is -0.139. The highest BCUT2D eigenvalue weighted by Crippen LogP contribution is 2.15. The van der Waals surface area contributed by atoms with E-state index in [-0.39, 0.29) is 0 Å². The molecule has 0 saturated heterocycles. The molecule has 0 bridgehead atoms. The molecule has 0 spiro atoms. The van der Waals surface area contributed by atoms with Crippen LogP contribution in [-0.2, 0) is 22.4 Å². The second-order valence-electron chi connectivity index (χ2n) is 6.59. The molecular weight excluding hydrogens is 318 g/mol. The van der Waals surface area contributed by atoms with Crippen molar-refractivity contribution in [1.82, 2.24) is 5.32 Å². The van der Waals surface area contributed by atoms with E-state index in [1.54, 1.807) is 20.8 Å². The fourth-order valence-corrected chi connectivity index (χ4v) is 2.32. The first-order valence-electron chi connectivity index (χ1n) is 9.02. The van der Waals surface area contributed by atoms with Gasteiger partial charge in [0.05, 0.1) is 0 Å². The Labute approximate surface area is 151 Å². The summed E-state index contributed by atoms with van der Waals surface area (Å²) in [5.41, 5.74) is 1.71. The number of carbonyl (C=O) groups is 2. The van der Waals surface area contributed by atoms with E-state index in [1.165, 1.54) is 5.56 Å².